The molecule has 62 valence electrons. The zero-order chi connectivity index (χ0) is 7.68. The molecular weight excluding hydrogens is 211 g/mol. The molecule has 1 amide bonds. The second kappa shape index (κ2) is 3.11. The first-order chi connectivity index (χ1) is 5.36. The summed E-state index contributed by atoms with van der Waals surface area (Å²) in [7, 11) is 0. The van der Waals surface area contributed by atoms with Gasteiger partial charge in [-0.25, -0.2) is 0 Å². The average Bonchev–Trinajstić information content (AvgIpc) is 2.55. The van der Waals surface area contributed by atoms with E-state index in [1.54, 1.807) is 0 Å². The van der Waals surface area contributed by atoms with Crippen LogP contribution >= 0.6 is 0 Å². The Morgan fingerprint density at radius 1 is 1.64 bits per heavy atom. The van der Waals surface area contributed by atoms with Gasteiger partial charge in [0, 0.05) is 0 Å². The summed E-state index contributed by atoms with van der Waals surface area (Å²) in [5.41, 5.74) is 1.10. The molecule has 0 spiro atoms. The molecule has 0 radical (unpaired) electrons. The van der Waals surface area contributed by atoms with Crippen LogP contribution in [0.15, 0.2) is 0 Å². The fourth-order valence-corrected chi connectivity index (χ4v) is 3.32. The molecule has 0 aromatic rings. The maximum absolute atomic E-state index is 10.8. The summed E-state index contributed by atoms with van der Waals surface area (Å²) in [6.45, 7) is 0.232. The summed E-state index contributed by atoms with van der Waals surface area (Å²) in [6.07, 6.45) is -0.0631. The Labute approximate surface area is 71.2 Å². The minimum absolute atomic E-state index is 0.0104. The van der Waals surface area contributed by atoms with E-state index < -0.39 is 0 Å². The van der Waals surface area contributed by atoms with E-state index >= 15 is 0 Å². The third kappa shape index (κ3) is 1.56. The first-order valence-electron chi connectivity index (χ1n) is 3.58. The molecule has 0 aliphatic carbocycles. The van der Waals surface area contributed by atoms with E-state index in [4.69, 9.17) is 4.74 Å². The van der Waals surface area contributed by atoms with Gasteiger partial charge in [0.2, 0.25) is 0 Å². The Bertz CT molecular complexity index is 170. The van der Waals surface area contributed by atoms with Crippen molar-refractivity contribution in [2.45, 2.75) is 17.6 Å². The summed E-state index contributed by atoms with van der Waals surface area (Å²) < 4.78 is 5.24. The van der Waals surface area contributed by atoms with E-state index in [-0.39, 0.29) is 18.7 Å². The molecule has 2 atom stereocenters. The Morgan fingerprint density at radius 2 is 2.55 bits per heavy atom. The molecule has 0 bridgehead atoms. The van der Waals surface area contributed by atoms with Gasteiger partial charge in [-0.1, -0.05) is 0 Å². The molecule has 0 aromatic carbocycles. The summed E-state index contributed by atoms with van der Waals surface area (Å²) in [5, 5.41) is 7.25. The monoisotopic (exact) mass is 222 g/mol. The first kappa shape index (κ1) is 7.55. The van der Waals surface area contributed by atoms with E-state index in [0.717, 1.165) is 10.8 Å². The van der Waals surface area contributed by atoms with Crippen LogP contribution in [0.4, 0.5) is 0 Å². The van der Waals surface area contributed by atoms with Crippen molar-refractivity contribution in [3.8, 4) is 0 Å². The van der Waals surface area contributed by atoms with Gasteiger partial charge >= 0.3 is 70.7 Å². The van der Waals surface area contributed by atoms with Crippen molar-refractivity contribution in [3.05, 3.63) is 0 Å². The standard InChI is InChI=1S/C6H10N2O2Se/c9-5-1-10-6(8-5)4-2-11-3-7-4/h4,6-7H,1-3H2,(H,8,9). The molecule has 2 N–H and O–H groups in total. The van der Waals surface area contributed by atoms with Gasteiger partial charge in [-0.15, -0.1) is 0 Å². The van der Waals surface area contributed by atoms with E-state index in [2.05, 4.69) is 10.6 Å². The van der Waals surface area contributed by atoms with Crippen LogP contribution in [0.25, 0.3) is 0 Å². The summed E-state index contributed by atoms with van der Waals surface area (Å²) in [5.74, 6) is 0.0104. The van der Waals surface area contributed by atoms with E-state index in [1.165, 1.54) is 0 Å². The topological polar surface area (TPSA) is 50.4 Å². The fourth-order valence-electron chi connectivity index (χ4n) is 1.23. The van der Waals surface area contributed by atoms with Gasteiger partial charge < -0.3 is 0 Å². The molecule has 2 rings (SSSR count). The SMILES string of the molecule is O=C1COC(C2C[Se]CN2)N1. The van der Waals surface area contributed by atoms with Gasteiger partial charge in [0.1, 0.15) is 0 Å². The second-order valence-electron chi connectivity index (χ2n) is 2.62. The van der Waals surface area contributed by atoms with Crippen molar-refractivity contribution < 1.29 is 9.53 Å². The van der Waals surface area contributed by atoms with E-state index in [1.807, 2.05) is 0 Å². The normalized spacial score (nSPS) is 37.6. The van der Waals surface area contributed by atoms with Crippen LogP contribution in [0.3, 0.4) is 0 Å². The predicted octanol–water partition coefficient (Wildman–Crippen LogP) is -1.49. The van der Waals surface area contributed by atoms with Gasteiger partial charge in [0.05, 0.1) is 0 Å². The molecule has 2 unspecified atom stereocenters. The summed E-state index contributed by atoms with van der Waals surface area (Å²) in [6, 6.07) is 0.362. The van der Waals surface area contributed by atoms with E-state index in [9.17, 15) is 4.79 Å². The molecule has 2 fully saturated rings. The number of amides is 1. The first-order valence-corrected chi connectivity index (χ1v) is 6.00. The number of carbonyl (C=O) groups is 1. The number of ether oxygens (including phenoxy) is 1. The average molecular weight is 221 g/mol. The Kier molecular flexibility index (Phi) is 2.13. The van der Waals surface area contributed by atoms with Crippen LogP contribution < -0.4 is 10.6 Å². The summed E-state index contributed by atoms with van der Waals surface area (Å²) in [4.78, 5) is 10.8. The minimum atomic E-state index is -0.0631. The zero-order valence-corrected chi connectivity index (χ0v) is 7.71. The van der Waals surface area contributed by atoms with Gasteiger partial charge in [-0.2, -0.15) is 0 Å². The number of rotatable bonds is 1. The van der Waals surface area contributed by atoms with Crippen molar-refractivity contribution in [1.29, 1.82) is 0 Å². The Hall–Kier alpha value is -0.0905. The second-order valence-corrected chi connectivity index (χ2v) is 4.79. The third-order valence-electron chi connectivity index (χ3n) is 1.81. The van der Waals surface area contributed by atoms with Gasteiger partial charge in [0.15, 0.2) is 0 Å². The zero-order valence-electron chi connectivity index (χ0n) is 6.00. The predicted molar refractivity (Wildman–Crippen MR) is 40.2 cm³/mol. The van der Waals surface area contributed by atoms with Crippen molar-refractivity contribution in [3.63, 3.8) is 0 Å². The van der Waals surface area contributed by atoms with Crippen LogP contribution in [-0.2, 0) is 9.53 Å². The van der Waals surface area contributed by atoms with Crippen molar-refractivity contribution in [2.24, 2.45) is 0 Å². The Balaban J connectivity index is 1.90. The number of carbonyl (C=O) groups excluding carboxylic acids is 1. The van der Waals surface area contributed by atoms with Crippen LogP contribution in [-0.4, -0.2) is 45.2 Å². The molecule has 0 saturated carbocycles. The van der Waals surface area contributed by atoms with Crippen molar-refractivity contribution in [1.82, 2.24) is 10.6 Å². The number of nitrogens with one attached hydrogen (secondary N) is 2. The molecular formula is C6H10N2O2Se. The van der Waals surface area contributed by atoms with Gasteiger partial charge in [0.25, 0.3) is 0 Å². The molecule has 5 heteroatoms. The van der Waals surface area contributed by atoms with E-state index in [0.29, 0.717) is 21.0 Å². The van der Waals surface area contributed by atoms with Gasteiger partial charge in [-0.05, 0) is 0 Å². The quantitative estimate of drug-likeness (QED) is 0.530. The Morgan fingerprint density at radius 3 is 3.09 bits per heavy atom. The molecule has 2 aliphatic rings. The van der Waals surface area contributed by atoms with Crippen LogP contribution in [0.5, 0.6) is 0 Å². The van der Waals surface area contributed by atoms with Gasteiger partial charge in [-0.3, -0.25) is 0 Å². The number of hydrogen-bond donors (Lipinski definition) is 2. The molecule has 2 saturated heterocycles. The molecule has 0 aromatic heterocycles. The van der Waals surface area contributed by atoms with Crippen molar-refractivity contribution in [2.75, 3.05) is 12.1 Å². The van der Waals surface area contributed by atoms with Crippen LogP contribution in [0.2, 0.25) is 5.32 Å². The summed E-state index contributed by atoms with van der Waals surface area (Å²) >= 11 is 0.696. The molecule has 2 heterocycles. The molecule has 2 aliphatic heterocycles. The fraction of sp³-hybridized carbons (Fsp3) is 0.833. The maximum atomic E-state index is 10.8. The van der Waals surface area contributed by atoms with Crippen molar-refractivity contribution >= 4 is 20.9 Å². The molecule has 4 nitrogen and oxygen atoms in total. The van der Waals surface area contributed by atoms with Crippen LogP contribution in [0, 0.1) is 0 Å². The third-order valence-corrected chi connectivity index (χ3v) is 3.83. The number of hydrogen-bond acceptors (Lipinski definition) is 3. The van der Waals surface area contributed by atoms with Crippen LogP contribution in [0.1, 0.15) is 0 Å². The molecule has 11 heavy (non-hydrogen) atoms.